The van der Waals surface area contributed by atoms with Crippen LogP contribution in [-0.2, 0) is 19.2 Å². The molecular formula is C22H25N3O5. The number of nitrogens with one attached hydrogen (secondary N) is 1. The van der Waals surface area contributed by atoms with Crippen LogP contribution in [0.25, 0.3) is 0 Å². The number of anilines is 1. The summed E-state index contributed by atoms with van der Waals surface area (Å²) in [5, 5.41) is 2.73. The number of rotatable bonds is 7. The Balaban J connectivity index is 1.37. The number of benzene rings is 1. The fraction of sp³-hybridized carbons (Fsp3) is 0.455. The minimum Gasteiger partial charge on any atom is -0.497 e. The van der Waals surface area contributed by atoms with Gasteiger partial charge >= 0.3 is 0 Å². The Hall–Kier alpha value is -3.16. The van der Waals surface area contributed by atoms with Crippen LogP contribution in [-0.4, -0.2) is 60.2 Å². The SMILES string of the molecule is CCN(CC(=O)Nc1cccc(OC)c1)C(=O)CN1C(=O)C2C3C=CC(C3)C2C1=O. The van der Waals surface area contributed by atoms with Gasteiger partial charge in [-0.2, -0.15) is 0 Å². The van der Waals surface area contributed by atoms with E-state index in [4.69, 9.17) is 4.74 Å². The van der Waals surface area contributed by atoms with E-state index in [1.165, 1.54) is 12.0 Å². The van der Waals surface area contributed by atoms with E-state index in [1.54, 1.807) is 31.2 Å². The summed E-state index contributed by atoms with van der Waals surface area (Å²) >= 11 is 0. The van der Waals surface area contributed by atoms with Gasteiger partial charge in [0.05, 0.1) is 25.5 Å². The van der Waals surface area contributed by atoms with Crippen LogP contribution in [0.15, 0.2) is 36.4 Å². The Bertz CT molecular complexity index is 897. The second-order valence-electron chi connectivity index (χ2n) is 7.95. The van der Waals surface area contributed by atoms with Crippen LogP contribution < -0.4 is 10.1 Å². The van der Waals surface area contributed by atoms with Crippen LogP contribution in [0.4, 0.5) is 5.69 Å². The lowest BCUT2D eigenvalue weighted by molar-refractivity contribution is -0.147. The van der Waals surface area contributed by atoms with Gasteiger partial charge in [0, 0.05) is 18.3 Å². The first-order valence-corrected chi connectivity index (χ1v) is 10.2. The molecule has 1 aliphatic heterocycles. The van der Waals surface area contributed by atoms with Crippen LogP contribution in [0.2, 0.25) is 0 Å². The average molecular weight is 411 g/mol. The Kier molecular flexibility index (Phi) is 5.32. The number of allylic oxidation sites excluding steroid dienone is 2. The maximum atomic E-state index is 12.8. The van der Waals surface area contributed by atoms with E-state index < -0.39 is 5.91 Å². The summed E-state index contributed by atoms with van der Waals surface area (Å²) in [7, 11) is 1.54. The molecule has 0 spiro atoms. The lowest BCUT2D eigenvalue weighted by Gasteiger charge is -2.24. The van der Waals surface area contributed by atoms with E-state index in [-0.39, 0.29) is 54.5 Å². The first-order valence-electron chi connectivity index (χ1n) is 10.2. The number of amides is 4. The van der Waals surface area contributed by atoms with Crippen LogP contribution in [0.1, 0.15) is 13.3 Å². The molecule has 1 saturated carbocycles. The number of likely N-dealkylation sites (tertiary alicyclic amines) is 1. The molecule has 4 amide bonds. The van der Waals surface area contributed by atoms with Gasteiger partial charge in [0.1, 0.15) is 12.3 Å². The molecule has 8 nitrogen and oxygen atoms in total. The molecule has 2 fully saturated rings. The van der Waals surface area contributed by atoms with Crippen LogP contribution in [0.3, 0.4) is 0 Å². The van der Waals surface area contributed by atoms with Gasteiger partial charge in [0.25, 0.3) is 0 Å². The number of fused-ring (bicyclic) bond motifs is 5. The molecule has 2 bridgehead atoms. The minimum absolute atomic E-state index is 0.104. The highest BCUT2D eigenvalue weighted by atomic mass is 16.5. The highest BCUT2D eigenvalue weighted by Crippen LogP contribution is 2.52. The molecule has 0 radical (unpaired) electrons. The maximum Gasteiger partial charge on any atom is 0.243 e. The summed E-state index contributed by atoms with van der Waals surface area (Å²) in [6, 6.07) is 6.92. The van der Waals surface area contributed by atoms with Crippen molar-refractivity contribution in [3.8, 4) is 5.75 Å². The Labute approximate surface area is 174 Å². The fourth-order valence-electron chi connectivity index (χ4n) is 4.81. The monoisotopic (exact) mass is 411 g/mol. The zero-order valence-corrected chi connectivity index (χ0v) is 17.0. The third-order valence-electron chi connectivity index (χ3n) is 6.28. The van der Waals surface area contributed by atoms with Crippen LogP contribution in [0.5, 0.6) is 5.75 Å². The number of ether oxygens (including phenoxy) is 1. The summed E-state index contributed by atoms with van der Waals surface area (Å²) in [4.78, 5) is 53.1. The van der Waals surface area contributed by atoms with E-state index in [0.29, 0.717) is 18.0 Å². The van der Waals surface area contributed by atoms with Crippen LogP contribution in [0, 0.1) is 23.7 Å². The first-order chi connectivity index (χ1) is 14.4. The number of carbonyl (C=O) groups excluding carboxylic acids is 4. The lowest BCUT2D eigenvalue weighted by Crippen LogP contribution is -2.46. The minimum atomic E-state index is -0.416. The van der Waals surface area contributed by atoms with Crippen molar-refractivity contribution in [3.63, 3.8) is 0 Å². The van der Waals surface area contributed by atoms with Crippen molar-refractivity contribution in [1.29, 1.82) is 0 Å². The van der Waals surface area contributed by atoms with E-state index in [9.17, 15) is 19.2 Å². The smallest absolute Gasteiger partial charge is 0.243 e. The topological polar surface area (TPSA) is 96.0 Å². The van der Waals surface area contributed by atoms with E-state index >= 15 is 0 Å². The van der Waals surface area contributed by atoms with Crippen molar-refractivity contribution < 1.29 is 23.9 Å². The molecule has 1 saturated heterocycles. The van der Waals surface area contributed by atoms with Gasteiger partial charge < -0.3 is 15.0 Å². The molecule has 1 heterocycles. The molecule has 1 aromatic rings. The largest absolute Gasteiger partial charge is 0.497 e. The predicted octanol–water partition coefficient (Wildman–Crippen LogP) is 1.29. The normalized spacial score (nSPS) is 26.1. The number of hydrogen-bond donors (Lipinski definition) is 1. The zero-order valence-electron chi connectivity index (χ0n) is 17.0. The van der Waals surface area contributed by atoms with Gasteiger partial charge in [-0.3, -0.25) is 24.1 Å². The third-order valence-corrected chi connectivity index (χ3v) is 6.28. The first kappa shape index (κ1) is 20.1. The summed E-state index contributed by atoms with van der Waals surface area (Å²) in [6.07, 6.45) is 4.88. The van der Waals surface area contributed by atoms with E-state index in [1.807, 2.05) is 12.2 Å². The molecule has 4 atom stereocenters. The third kappa shape index (κ3) is 3.46. The summed E-state index contributed by atoms with van der Waals surface area (Å²) in [5.41, 5.74) is 0.559. The van der Waals surface area contributed by atoms with Gasteiger partial charge in [-0.1, -0.05) is 18.2 Å². The van der Waals surface area contributed by atoms with Crippen molar-refractivity contribution >= 4 is 29.3 Å². The molecular weight excluding hydrogens is 386 g/mol. The zero-order chi connectivity index (χ0) is 21.4. The highest BCUT2D eigenvalue weighted by Gasteiger charge is 2.59. The lowest BCUT2D eigenvalue weighted by atomic mass is 9.85. The van der Waals surface area contributed by atoms with Crippen molar-refractivity contribution in [1.82, 2.24) is 9.80 Å². The number of likely N-dealkylation sites (N-methyl/N-ethyl adjacent to an activating group) is 1. The second kappa shape index (κ2) is 7.93. The molecule has 4 unspecified atom stereocenters. The summed E-state index contributed by atoms with van der Waals surface area (Å²) in [6.45, 7) is 1.57. The molecule has 3 aliphatic rings. The number of nitrogens with zero attached hydrogens (tertiary/aromatic N) is 2. The molecule has 30 heavy (non-hydrogen) atoms. The van der Waals surface area contributed by atoms with Gasteiger partial charge in [-0.25, -0.2) is 0 Å². The van der Waals surface area contributed by atoms with Gasteiger partial charge in [0.2, 0.25) is 23.6 Å². The number of hydrogen-bond acceptors (Lipinski definition) is 5. The maximum absolute atomic E-state index is 12.8. The number of methoxy groups -OCH3 is 1. The van der Waals surface area contributed by atoms with E-state index in [2.05, 4.69) is 5.32 Å². The molecule has 1 aromatic carbocycles. The Morgan fingerprint density at radius 2 is 1.83 bits per heavy atom. The van der Waals surface area contributed by atoms with Gasteiger partial charge in [-0.15, -0.1) is 0 Å². The molecule has 8 heteroatoms. The average Bonchev–Trinajstić information content (AvgIpc) is 3.42. The summed E-state index contributed by atoms with van der Waals surface area (Å²) in [5.74, 6) is -1.13. The van der Waals surface area contributed by atoms with Crippen LogP contribution >= 0.6 is 0 Å². The second-order valence-corrected chi connectivity index (χ2v) is 7.95. The molecule has 158 valence electrons. The number of carbonyl (C=O) groups is 4. The molecule has 0 aromatic heterocycles. The molecule has 1 N–H and O–H groups in total. The standard InChI is InChI=1S/C22H25N3O5/c1-3-24(11-17(26)23-15-5-4-6-16(10-15)30-2)18(27)12-25-21(28)19-13-7-8-14(9-13)20(19)22(25)29/h4-8,10,13-14,19-20H,3,9,11-12H2,1-2H3,(H,23,26). The van der Waals surface area contributed by atoms with E-state index in [0.717, 1.165) is 11.3 Å². The molecule has 4 rings (SSSR count). The van der Waals surface area contributed by atoms with Gasteiger partial charge in [0.15, 0.2) is 0 Å². The van der Waals surface area contributed by atoms with Gasteiger partial charge in [-0.05, 0) is 37.3 Å². The highest BCUT2D eigenvalue weighted by molar-refractivity contribution is 6.08. The fourth-order valence-corrected chi connectivity index (χ4v) is 4.81. The van der Waals surface area contributed by atoms with Crippen molar-refractivity contribution in [2.45, 2.75) is 13.3 Å². The summed E-state index contributed by atoms with van der Waals surface area (Å²) < 4.78 is 5.13. The Morgan fingerprint density at radius 1 is 1.17 bits per heavy atom. The molecule has 2 aliphatic carbocycles. The quantitative estimate of drug-likeness (QED) is 0.539. The van der Waals surface area contributed by atoms with Crippen molar-refractivity contribution in [3.05, 3.63) is 36.4 Å². The predicted molar refractivity (Wildman–Crippen MR) is 108 cm³/mol. The van der Waals surface area contributed by atoms with Crippen molar-refractivity contribution in [2.75, 3.05) is 32.1 Å². The number of imide groups is 1. The Morgan fingerprint density at radius 3 is 2.43 bits per heavy atom. The van der Waals surface area contributed by atoms with Crippen molar-refractivity contribution in [2.24, 2.45) is 23.7 Å².